The van der Waals surface area contributed by atoms with Crippen LogP contribution in [0.25, 0.3) is 0 Å². The monoisotopic (exact) mass is 413 g/mol. The Kier molecular flexibility index (Phi) is 5.85. The lowest BCUT2D eigenvalue weighted by Gasteiger charge is -2.28. The van der Waals surface area contributed by atoms with E-state index in [1.807, 2.05) is 55.5 Å². The Balaban J connectivity index is 1.76. The molecule has 1 atom stereocenters. The Labute approximate surface area is 172 Å². The molecular weight excluding hydrogens is 386 g/mol. The molecule has 0 N–H and O–H groups in total. The molecule has 0 bridgehead atoms. The minimum Gasteiger partial charge on any atom is -0.484 e. The summed E-state index contributed by atoms with van der Waals surface area (Å²) in [5.74, 6) is 0.192. The minimum atomic E-state index is -3.29. The molecule has 0 saturated carbocycles. The van der Waals surface area contributed by atoms with Crippen LogP contribution in [0.1, 0.15) is 31.9 Å². The number of carbonyl (C=O) groups excluding carboxylic acids is 1. The fourth-order valence-corrected chi connectivity index (χ4v) is 4.48. The maximum atomic E-state index is 13.0. The normalized spacial score (nSPS) is 17.9. The van der Waals surface area contributed by atoms with E-state index in [0.29, 0.717) is 11.4 Å². The number of hydrogen-bond donors (Lipinski definition) is 0. The molecule has 5 nitrogen and oxygen atoms in total. The van der Waals surface area contributed by atoms with Crippen LogP contribution >= 0.6 is 0 Å². The Bertz CT molecular complexity index is 1000. The van der Waals surface area contributed by atoms with Gasteiger partial charge in [-0.15, -0.1) is 0 Å². The van der Waals surface area contributed by atoms with Crippen LogP contribution in [0.5, 0.6) is 5.75 Å². The summed E-state index contributed by atoms with van der Waals surface area (Å²) in [6.07, 6.45) is 1.56. The fourth-order valence-electron chi connectivity index (χ4n) is 3.21. The van der Waals surface area contributed by atoms with Gasteiger partial charge in [0.05, 0.1) is 11.8 Å². The second-order valence-corrected chi connectivity index (χ2v) is 10.3. The zero-order valence-electron chi connectivity index (χ0n) is 17.3. The zero-order valence-corrected chi connectivity index (χ0v) is 18.1. The van der Waals surface area contributed by atoms with Crippen molar-refractivity contribution in [2.24, 2.45) is 0 Å². The average Bonchev–Trinajstić information content (AvgIpc) is 3.01. The van der Waals surface area contributed by atoms with Gasteiger partial charge in [0, 0.05) is 11.1 Å². The van der Waals surface area contributed by atoms with Gasteiger partial charge in [0.15, 0.2) is 16.4 Å². The van der Waals surface area contributed by atoms with Gasteiger partial charge in [-0.3, -0.25) is 4.79 Å². The lowest BCUT2D eigenvalue weighted by Crippen LogP contribution is -2.43. The van der Waals surface area contributed by atoms with Crippen LogP contribution in [-0.2, 0) is 20.0 Å². The number of carbonyl (C=O) groups is 1. The Morgan fingerprint density at radius 3 is 2.21 bits per heavy atom. The van der Waals surface area contributed by atoms with Gasteiger partial charge in [-0.05, 0) is 48.2 Å². The SMILES string of the molecule is Cc1ccc(N(C(=O)COc2ccc(C(C)(C)C)cc2)[C@@H]2C=CS(=O)(=O)C2)cc1. The highest BCUT2D eigenvalue weighted by Gasteiger charge is 2.31. The molecule has 2 aromatic carbocycles. The van der Waals surface area contributed by atoms with Gasteiger partial charge >= 0.3 is 0 Å². The van der Waals surface area contributed by atoms with Crippen LogP contribution in [-0.4, -0.2) is 32.7 Å². The lowest BCUT2D eigenvalue weighted by molar-refractivity contribution is -0.120. The third-order valence-electron chi connectivity index (χ3n) is 4.91. The lowest BCUT2D eigenvalue weighted by atomic mass is 9.87. The molecule has 0 saturated heterocycles. The number of rotatable bonds is 5. The summed E-state index contributed by atoms with van der Waals surface area (Å²) in [6.45, 7) is 8.19. The molecule has 3 rings (SSSR count). The predicted molar refractivity (Wildman–Crippen MR) is 116 cm³/mol. The zero-order chi connectivity index (χ0) is 21.2. The molecule has 1 aliphatic heterocycles. The van der Waals surface area contributed by atoms with Crippen molar-refractivity contribution in [1.29, 1.82) is 0 Å². The molecule has 0 spiro atoms. The van der Waals surface area contributed by atoms with E-state index in [0.717, 1.165) is 5.56 Å². The van der Waals surface area contributed by atoms with Crippen molar-refractivity contribution < 1.29 is 17.9 Å². The molecule has 1 heterocycles. The van der Waals surface area contributed by atoms with Gasteiger partial charge < -0.3 is 9.64 Å². The Morgan fingerprint density at radius 1 is 1.07 bits per heavy atom. The number of sulfone groups is 1. The second-order valence-electron chi connectivity index (χ2n) is 8.39. The smallest absolute Gasteiger partial charge is 0.265 e. The van der Waals surface area contributed by atoms with E-state index < -0.39 is 15.9 Å². The van der Waals surface area contributed by atoms with Crippen LogP contribution in [0.15, 0.2) is 60.0 Å². The van der Waals surface area contributed by atoms with Gasteiger partial charge in [0.25, 0.3) is 5.91 Å². The van der Waals surface area contributed by atoms with E-state index in [1.54, 1.807) is 6.08 Å². The molecule has 0 aromatic heterocycles. The van der Waals surface area contributed by atoms with Crippen LogP contribution in [0.3, 0.4) is 0 Å². The van der Waals surface area contributed by atoms with Crippen molar-refractivity contribution in [2.45, 2.75) is 39.2 Å². The third-order valence-corrected chi connectivity index (χ3v) is 6.28. The summed E-state index contributed by atoms with van der Waals surface area (Å²) in [4.78, 5) is 14.5. The van der Waals surface area contributed by atoms with Crippen molar-refractivity contribution in [1.82, 2.24) is 0 Å². The number of aryl methyl sites for hydroxylation is 1. The summed E-state index contributed by atoms with van der Waals surface area (Å²) >= 11 is 0. The van der Waals surface area contributed by atoms with Crippen LogP contribution < -0.4 is 9.64 Å². The number of ether oxygens (including phenoxy) is 1. The summed E-state index contributed by atoms with van der Waals surface area (Å²) in [5.41, 5.74) is 2.93. The van der Waals surface area contributed by atoms with Gasteiger partial charge in [0.2, 0.25) is 0 Å². The molecule has 29 heavy (non-hydrogen) atoms. The minimum absolute atomic E-state index is 0.0386. The second kappa shape index (κ2) is 8.03. The first kappa shape index (κ1) is 21.1. The molecule has 0 aliphatic carbocycles. The van der Waals surface area contributed by atoms with Crippen molar-refractivity contribution in [2.75, 3.05) is 17.3 Å². The van der Waals surface area contributed by atoms with E-state index in [9.17, 15) is 13.2 Å². The number of benzene rings is 2. The summed E-state index contributed by atoms with van der Waals surface area (Å²) in [6, 6.07) is 14.6. The van der Waals surface area contributed by atoms with E-state index in [-0.39, 0.29) is 23.7 Å². The van der Waals surface area contributed by atoms with Gasteiger partial charge in [-0.2, -0.15) is 0 Å². The number of anilines is 1. The largest absolute Gasteiger partial charge is 0.484 e. The first-order valence-electron chi connectivity index (χ1n) is 9.58. The number of nitrogens with zero attached hydrogens (tertiary/aromatic N) is 1. The van der Waals surface area contributed by atoms with Gasteiger partial charge in [0.1, 0.15) is 5.75 Å². The molecule has 6 heteroatoms. The van der Waals surface area contributed by atoms with Crippen LogP contribution in [0.4, 0.5) is 5.69 Å². The number of hydrogen-bond acceptors (Lipinski definition) is 4. The van der Waals surface area contributed by atoms with Crippen molar-refractivity contribution in [3.63, 3.8) is 0 Å². The molecule has 2 aromatic rings. The molecule has 0 unspecified atom stereocenters. The van der Waals surface area contributed by atoms with E-state index in [1.165, 1.54) is 15.9 Å². The van der Waals surface area contributed by atoms with Crippen molar-refractivity contribution >= 4 is 21.4 Å². The highest BCUT2D eigenvalue weighted by atomic mass is 32.2. The maximum absolute atomic E-state index is 13.0. The van der Waals surface area contributed by atoms with E-state index in [2.05, 4.69) is 20.8 Å². The molecular formula is C23H27NO4S. The quantitative estimate of drug-likeness (QED) is 0.743. The molecule has 0 radical (unpaired) electrons. The highest BCUT2D eigenvalue weighted by molar-refractivity contribution is 7.94. The summed E-state index contributed by atoms with van der Waals surface area (Å²) < 4.78 is 29.5. The van der Waals surface area contributed by atoms with Gasteiger partial charge in [-0.1, -0.05) is 50.6 Å². The summed E-state index contributed by atoms with van der Waals surface area (Å²) in [5, 5.41) is 1.18. The van der Waals surface area contributed by atoms with Crippen molar-refractivity contribution in [3.8, 4) is 5.75 Å². The fraction of sp³-hybridized carbons (Fsp3) is 0.348. The topological polar surface area (TPSA) is 63.7 Å². The first-order valence-corrected chi connectivity index (χ1v) is 11.3. The first-order chi connectivity index (χ1) is 13.5. The van der Waals surface area contributed by atoms with Crippen LogP contribution in [0.2, 0.25) is 0 Å². The maximum Gasteiger partial charge on any atom is 0.265 e. The third kappa shape index (κ3) is 5.26. The van der Waals surface area contributed by atoms with E-state index in [4.69, 9.17) is 4.74 Å². The standard InChI is InChI=1S/C23H27NO4S/c1-17-5-9-19(10-6-17)24(20-13-14-29(26,27)16-20)22(25)15-28-21-11-7-18(8-12-21)23(2,3)4/h5-14,20H,15-16H2,1-4H3/t20-/m1/s1. The molecule has 1 amide bonds. The van der Waals surface area contributed by atoms with Crippen molar-refractivity contribution in [3.05, 3.63) is 71.1 Å². The summed E-state index contributed by atoms with van der Waals surface area (Å²) in [7, 11) is -3.29. The van der Waals surface area contributed by atoms with E-state index >= 15 is 0 Å². The Hall–Kier alpha value is -2.60. The molecule has 0 fully saturated rings. The molecule has 1 aliphatic rings. The predicted octanol–water partition coefficient (Wildman–Crippen LogP) is 4.02. The van der Waals surface area contributed by atoms with Gasteiger partial charge in [-0.25, -0.2) is 8.42 Å². The van der Waals surface area contributed by atoms with Crippen LogP contribution in [0, 0.1) is 6.92 Å². The number of amides is 1. The Morgan fingerprint density at radius 2 is 1.69 bits per heavy atom. The highest BCUT2D eigenvalue weighted by Crippen LogP contribution is 2.26. The molecule has 154 valence electrons. The average molecular weight is 414 g/mol.